The quantitative estimate of drug-likeness (QED) is 0.554. The van der Waals surface area contributed by atoms with Crippen molar-refractivity contribution in [2.24, 2.45) is 0 Å². The lowest BCUT2D eigenvalue weighted by Gasteiger charge is -2.16. The molecule has 0 aliphatic rings. The van der Waals surface area contributed by atoms with E-state index in [4.69, 9.17) is 16.6 Å². The first-order valence-electron chi connectivity index (χ1n) is 3.62. The van der Waals surface area contributed by atoms with Crippen LogP contribution in [-0.2, 0) is 14.4 Å². The predicted octanol–water partition coefficient (Wildman–Crippen LogP) is -0.992. The van der Waals surface area contributed by atoms with Gasteiger partial charge < -0.3 is 15.1 Å². The van der Waals surface area contributed by atoms with E-state index in [0.29, 0.717) is 4.90 Å². The van der Waals surface area contributed by atoms with Crippen molar-refractivity contribution >= 4 is 17.8 Å². The van der Waals surface area contributed by atoms with Gasteiger partial charge in [0.1, 0.15) is 13.1 Å². The lowest BCUT2D eigenvalue weighted by atomic mass is 10.3. The molecule has 14 heavy (non-hydrogen) atoms. The molecule has 6 heteroatoms. The van der Waals surface area contributed by atoms with Crippen molar-refractivity contribution in [2.45, 2.75) is 6.42 Å². The number of hydrogen-bond donors (Lipinski definition) is 2. The molecule has 0 aromatic rings. The number of nitrogens with zero attached hydrogens (tertiary/aromatic N) is 1. The predicted molar refractivity (Wildman–Crippen MR) is 45.3 cm³/mol. The van der Waals surface area contributed by atoms with Gasteiger partial charge in [0.2, 0.25) is 5.91 Å². The first-order chi connectivity index (χ1) is 6.47. The number of carbonyl (C=O) groups is 3. The molecule has 0 aromatic heterocycles. The van der Waals surface area contributed by atoms with E-state index < -0.39 is 30.9 Å². The topological polar surface area (TPSA) is 94.9 Å². The molecule has 76 valence electrons. The van der Waals surface area contributed by atoms with Crippen LogP contribution in [-0.4, -0.2) is 46.0 Å². The maximum absolute atomic E-state index is 11.1. The molecule has 0 radical (unpaired) electrons. The van der Waals surface area contributed by atoms with Crippen molar-refractivity contribution < 1.29 is 24.6 Å². The van der Waals surface area contributed by atoms with Gasteiger partial charge in [-0.15, -0.1) is 6.42 Å². The molecule has 0 aliphatic heterocycles. The van der Waals surface area contributed by atoms with Crippen LogP contribution >= 0.6 is 0 Å². The van der Waals surface area contributed by atoms with Crippen LogP contribution in [0.5, 0.6) is 0 Å². The summed E-state index contributed by atoms with van der Waals surface area (Å²) >= 11 is 0. The smallest absolute Gasteiger partial charge is 0.323 e. The van der Waals surface area contributed by atoms with E-state index in [9.17, 15) is 14.4 Å². The minimum absolute atomic E-state index is 0.305. The summed E-state index contributed by atoms with van der Waals surface area (Å²) in [6.07, 6.45) is 4.53. The van der Waals surface area contributed by atoms with E-state index in [1.165, 1.54) is 0 Å². The third-order valence-corrected chi connectivity index (χ3v) is 1.26. The second-order valence-corrected chi connectivity index (χ2v) is 2.42. The van der Waals surface area contributed by atoms with E-state index in [-0.39, 0.29) is 6.42 Å². The van der Waals surface area contributed by atoms with Gasteiger partial charge in [0, 0.05) is 0 Å². The summed E-state index contributed by atoms with van der Waals surface area (Å²) in [5.74, 6) is -1.23. The molecular weight excluding hydrogens is 190 g/mol. The summed E-state index contributed by atoms with van der Waals surface area (Å²) in [5, 5.41) is 16.8. The highest BCUT2D eigenvalue weighted by Gasteiger charge is 2.18. The molecule has 0 aliphatic carbocycles. The number of carbonyl (C=O) groups excluding carboxylic acids is 1. The fraction of sp³-hybridized carbons (Fsp3) is 0.375. The Morgan fingerprint density at radius 3 is 1.86 bits per heavy atom. The molecule has 0 spiro atoms. The minimum Gasteiger partial charge on any atom is -0.480 e. The molecule has 0 rings (SSSR count). The minimum atomic E-state index is -1.28. The summed E-state index contributed by atoms with van der Waals surface area (Å²) in [5.41, 5.74) is 0. The van der Waals surface area contributed by atoms with Gasteiger partial charge in [0.25, 0.3) is 0 Å². The molecular formula is C8H9NO5. The zero-order chi connectivity index (χ0) is 11.1. The van der Waals surface area contributed by atoms with Gasteiger partial charge in [0.15, 0.2) is 0 Å². The molecule has 0 saturated heterocycles. The Morgan fingerprint density at radius 1 is 1.14 bits per heavy atom. The summed E-state index contributed by atoms with van der Waals surface area (Å²) in [6.45, 7) is -1.32. The lowest BCUT2D eigenvalue weighted by molar-refractivity contribution is -0.148. The van der Waals surface area contributed by atoms with Crippen LogP contribution in [0.2, 0.25) is 0 Å². The number of terminal acetylenes is 1. The molecule has 6 nitrogen and oxygen atoms in total. The molecule has 1 amide bonds. The average Bonchev–Trinajstić information content (AvgIpc) is 2.01. The maximum atomic E-state index is 11.1. The van der Waals surface area contributed by atoms with Crippen molar-refractivity contribution in [1.29, 1.82) is 0 Å². The number of carboxylic acid groups (broad SMARTS) is 2. The Labute approximate surface area is 80.1 Å². The van der Waals surface area contributed by atoms with Crippen molar-refractivity contribution in [3.63, 3.8) is 0 Å². The summed E-state index contributed by atoms with van der Waals surface area (Å²) < 4.78 is 0. The third kappa shape index (κ3) is 4.77. The van der Waals surface area contributed by atoms with Gasteiger partial charge in [-0.05, 0) is 0 Å². The fourth-order valence-corrected chi connectivity index (χ4v) is 0.758. The van der Waals surface area contributed by atoms with E-state index in [1.807, 2.05) is 5.92 Å². The average molecular weight is 199 g/mol. The van der Waals surface area contributed by atoms with Gasteiger partial charge in [-0.25, -0.2) is 0 Å². The summed E-state index contributed by atoms with van der Waals surface area (Å²) in [6, 6.07) is 0. The van der Waals surface area contributed by atoms with Crippen molar-refractivity contribution in [2.75, 3.05) is 13.1 Å². The SMILES string of the molecule is C#CCC(=O)N(CC(=O)O)CC(=O)O. The van der Waals surface area contributed by atoms with Gasteiger partial charge in [0.05, 0.1) is 6.42 Å². The van der Waals surface area contributed by atoms with Crippen LogP contribution in [0, 0.1) is 12.3 Å². The van der Waals surface area contributed by atoms with Crippen LogP contribution in [0.3, 0.4) is 0 Å². The maximum Gasteiger partial charge on any atom is 0.323 e. The summed E-state index contributed by atoms with van der Waals surface area (Å²) in [7, 11) is 0. The van der Waals surface area contributed by atoms with Gasteiger partial charge in [-0.1, -0.05) is 5.92 Å². The molecule has 0 aromatic carbocycles. The Kier molecular flexibility index (Phi) is 4.78. The van der Waals surface area contributed by atoms with Gasteiger partial charge in [-0.3, -0.25) is 14.4 Å². The molecule has 0 unspecified atom stereocenters. The zero-order valence-electron chi connectivity index (χ0n) is 7.27. The highest BCUT2D eigenvalue weighted by atomic mass is 16.4. The van der Waals surface area contributed by atoms with Crippen molar-refractivity contribution in [1.82, 2.24) is 4.90 Å². The molecule has 0 atom stereocenters. The number of rotatable bonds is 5. The molecule has 0 fully saturated rings. The molecule has 0 heterocycles. The van der Waals surface area contributed by atoms with E-state index in [2.05, 4.69) is 0 Å². The van der Waals surface area contributed by atoms with Crippen LogP contribution in [0.25, 0.3) is 0 Å². The third-order valence-electron chi connectivity index (χ3n) is 1.26. The Hall–Kier alpha value is -2.03. The van der Waals surface area contributed by atoms with Crippen LogP contribution in [0.15, 0.2) is 0 Å². The fourth-order valence-electron chi connectivity index (χ4n) is 0.758. The summed E-state index contributed by atoms with van der Waals surface area (Å²) in [4.78, 5) is 32.3. The first-order valence-corrected chi connectivity index (χ1v) is 3.62. The van der Waals surface area contributed by atoms with Gasteiger partial charge >= 0.3 is 11.9 Å². The lowest BCUT2D eigenvalue weighted by Crippen LogP contribution is -2.39. The monoisotopic (exact) mass is 199 g/mol. The Balaban J connectivity index is 4.39. The number of amides is 1. The van der Waals surface area contributed by atoms with E-state index in [1.54, 1.807) is 0 Å². The number of carboxylic acids is 2. The van der Waals surface area contributed by atoms with Crippen molar-refractivity contribution in [3.8, 4) is 12.3 Å². The van der Waals surface area contributed by atoms with Crippen molar-refractivity contribution in [3.05, 3.63) is 0 Å². The number of hydrogen-bond acceptors (Lipinski definition) is 3. The van der Waals surface area contributed by atoms with E-state index >= 15 is 0 Å². The second kappa shape index (κ2) is 5.59. The highest BCUT2D eigenvalue weighted by Crippen LogP contribution is 1.93. The second-order valence-electron chi connectivity index (χ2n) is 2.42. The molecule has 0 bridgehead atoms. The Bertz CT molecular complexity index is 275. The van der Waals surface area contributed by atoms with Crippen LogP contribution in [0.1, 0.15) is 6.42 Å². The highest BCUT2D eigenvalue weighted by molar-refractivity contribution is 5.86. The standard InChI is InChI=1S/C8H9NO5/c1-2-3-6(10)9(4-7(11)12)5-8(13)14/h1H,3-5H2,(H,11,12)(H,13,14). The van der Waals surface area contributed by atoms with Gasteiger partial charge in [-0.2, -0.15) is 0 Å². The zero-order valence-corrected chi connectivity index (χ0v) is 7.27. The Morgan fingerprint density at radius 2 is 1.57 bits per heavy atom. The van der Waals surface area contributed by atoms with Crippen LogP contribution in [0.4, 0.5) is 0 Å². The normalized spacial score (nSPS) is 8.79. The largest absolute Gasteiger partial charge is 0.480 e. The molecule has 0 saturated carbocycles. The molecule has 2 N–H and O–H groups in total. The number of aliphatic carboxylic acids is 2. The first kappa shape index (κ1) is 12.0. The van der Waals surface area contributed by atoms with E-state index in [0.717, 1.165) is 0 Å². The van der Waals surface area contributed by atoms with Crippen LogP contribution < -0.4 is 0 Å².